The molecule has 1 nitrogen and oxygen atoms in total. The number of rotatable bonds is 4. The highest BCUT2D eigenvalue weighted by atomic mass is 79.9. The Balaban J connectivity index is 2.37. The number of hydrogen-bond acceptors (Lipinski definition) is 1. The highest BCUT2D eigenvalue weighted by Gasteiger charge is 2.18. The minimum Gasteiger partial charge on any atom is -0.434 e. The summed E-state index contributed by atoms with van der Waals surface area (Å²) < 4.78 is 42.8. The Morgan fingerprint density at radius 2 is 1.75 bits per heavy atom. The van der Waals surface area contributed by atoms with Crippen LogP contribution in [0.15, 0.2) is 46.9 Å². The molecule has 0 N–H and O–H groups in total. The number of hydrogen-bond donors (Lipinski definition) is 0. The van der Waals surface area contributed by atoms with Crippen LogP contribution in [0.3, 0.4) is 0 Å². The van der Waals surface area contributed by atoms with Crippen molar-refractivity contribution in [2.45, 2.75) is 11.4 Å². The first kappa shape index (κ1) is 15.4. The van der Waals surface area contributed by atoms with Crippen molar-refractivity contribution in [2.24, 2.45) is 0 Å². The average Bonchev–Trinajstić information content (AvgIpc) is 2.41. The van der Waals surface area contributed by atoms with Gasteiger partial charge in [0, 0.05) is 5.56 Å². The van der Waals surface area contributed by atoms with E-state index in [2.05, 4.69) is 36.6 Å². The quantitative estimate of drug-likeness (QED) is 0.591. The van der Waals surface area contributed by atoms with Crippen molar-refractivity contribution in [1.29, 1.82) is 0 Å². The maximum atomic E-state index is 13.2. The first-order valence-corrected chi connectivity index (χ1v) is 7.32. The Kier molecular flexibility index (Phi) is 5.10. The van der Waals surface area contributed by atoms with Gasteiger partial charge in [0.05, 0.1) is 9.30 Å². The molecule has 0 aliphatic carbocycles. The third-order valence-corrected chi connectivity index (χ3v) is 4.27. The number of alkyl halides is 3. The zero-order chi connectivity index (χ0) is 14.7. The molecule has 20 heavy (non-hydrogen) atoms. The average molecular weight is 410 g/mol. The van der Waals surface area contributed by atoms with Crippen LogP contribution in [0.25, 0.3) is 0 Å². The number of halogens is 5. The topological polar surface area (TPSA) is 9.23 Å². The lowest BCUT2D eigenvalue weighted by molar-refractivity contribution is -0.0503. The van der Waals surface area contributed by atoms with E-state index in [1.54, 1.807) is 30.3 Å². The fraction of sp³-hybridized carbons (Fsp3) is 0.143. The minimum atomic E-state index is -2.89. The Morgan fingerprint density at radius 3 is 2.40 bits per heavy atom. The van der Waals surface area contributed by atoms with Gasteiger partial charge in [0.25, 0.3) is 0 Å². The smallest absolute Gasteiger partial charge is 0.387 e. The van der Waals surface area contributed by atoms with Crippen LogP contribution in [0.2, 0.25) is 0 Å². The van der Waals surface area contributed by atoms with E-state index in [-0.39, 0.29) is 16.4 Å². The van der Waals surface area contributed by atoms with Crippen LogP contribution in [0, 0.1) is 5.82 Å². The lowest BCUT2D eigenvalue weighted by Crippen LogP contribution is -2.05. The highest BCUT2D eigenvalue weighted by Crippen LogP contribution is 2.38. The lowest BCUT2D eigenvalue weighted by Gasteiger charge is -2.16. The standard InChI is InChI=1S/C14H9Br2F3O/c15-10-7-8(5-6-11(10)17)13(16)9-3-1-2-4-12(9)20-14(18)19/h1-7,13-14H. The maximum absolute atomic E-state index is 13.2. The van der Waals surface area contributed by atoms with Crippen molar-refractivity contribution in [3.63, 3.8) is 0 Å². The van der Waals surface area contributed by atoms with Gasteiger partial charge in [-0.3, -0.25) is 0 Å². The summed E-state index contributed by atoms with van der Waals surface area (Å²) in [5.74, 6) is -0.296. The van der Waals surface area contributed by atoms with Crippen LogP contribution in [0.4, 0.5) is 13.2 Å². The molecular formula is C14H9Br2F3O. The molecule has 0 fully saturated rings. The van der Waals surface area contributed by atoms with Gasteiger partial charge in [-0.1, -0.05) is 40.2 Å². The van der Waals surface area contributed by atoms with Gasteiger partial charge < -0.3 is 4.74 Å². The van der Waals surface area contributed by atoms with Crippen molar-refractivity contribution in [1.82, 2.24) is 0 Å². The predicted molar refractivity (Wildman–Crippen MR) is 77.9 cm³/mol. The SMILES string of the molecule is Fc1ccc(C(Br)c2ccccc2OC(F)F)cc1Br. The molecule has 2 aromatic carbocycles. The third kappa shape index (κ3) is 3.55. The summed E-state index contributed by atoms with van der Waals surface area (Å²) in [5, 5.41) is 0. The van der Waals surface area contributed by atoms with E-state index in [9.17, 15) is 13.2 Å². The van der Waals surface area contributed by atoms with Crippen LogP contribution >= 0.6 is 31.9 Å². The van der Waals surface area contributed by atoms with Crippen molar-refractivity contribution in [3.8, 4) is 5.75 Å². The Bertz CT molecular complexity index is 605. The number of para-hydroxylation sites is 1. The summed E-state index contributed by atoms with van der Waals surface area (Å²) in [6.07, 6.45) is 0. The predicted octanol–water partition coefficient (Wildman–Crippen LogP) is 5.67. The molecule has 2 aromatic rings. The Hall–Kier alpha value is -1.01. The molecule has 0 aromatic heterocycles. The monoisotopic (exact) mass is 408 g/mol. The normalized spacial score (nSPS) is 12.5. The van der Waals surface area contributed by atoms with Gasteiger partial charge >= 0.3 is 6.61 Å². The van der Waals surface area contributed by atoms with Crippen molar-refractivity contribution in [3.05, 3.63) is 63.9 Å². The molecular weight excluding hydrogens is 401 g/mol. The van der Waals surface area contributed by atoms with Crippen LogP contribution in [0.5, 0.6) is 5.75 Å². The third-order valence-electron chi connectivity index (χ3n) is 2.64. The van der Waals surface area contributed by atoms with Gasteiger partial charge in [-0.2, -0.15) is 8.78 Å². The second-order valence-electron chi connectivity index (χ2n) is 3.95. The van der Waals surface area contributed by atoms with Gasteiger partial charge in [0.2, 0.25) is 0 Å². The largest absolute Gasteiger partial charge is 0.434 e. The van der Waals surface area contributed by atoms with Crippen molar-refractivity contribution < 1.29 is 17.9 Å². The van der Waals surface area contributed by atoms with E-state index in [1.807, 2.05) is 0 Å². The van der Waals surface area contributed by atoms with E-state index in [1.165, 1.54) is 12.1 Å². The summed E-state index contributed by atoms with van der Waals surface area (Å²) >= 11 is 6.52. The van der Waals surface area contributed by atoms with Crippen LogP contribution in [-0.2, 0) is 0 Å². The number of benzene rings is 2. The van der Waals surface area contributed by atoms with E-state index < -0.39 is 6.61 Å². The summed E-state index contributed by atoms with van der Waals surface area (Å²) in [4.78, 5) is -0.380. The summed E-state index contributed by atoms with van der Waals surface area (Å²) in [5.41, 5.74) is 1.27. The van der Waals surface area contributed by atoms with E-state index in [4.69, 9.17) is 0 Å². The Morgan fingerprint density at radius 1 is 1.05 bits per heavy atom. The van der Waals surface area contributed by atoms with Crippen LogP contribution < -0.4 is 4.74 Å². The summed E-state index contributed by atoms with van der Waals surface area (Å²) in [6, 6.07) is 11.0. The highest BCUT2D eigenvalue weighted by molar-refractivity contribution is 9.10. The summed E-state index contributed by atoms with van der Waals surface area (Å²) in [6.45, 7) is -2.89. The van der Waals surface area contributed by atoms with E-state index in [0.29, 0.717) is 10.0 Å². The van der Waals surface area contributed by atoms with E-state index in [0.717, 1.165) is 5.56 Å². The molecule has 1 unspecified atom stereocenters. The lowest BCUT2D eigenvalue weighted by atomic mass is 10.0. The molecule has 0 saturated heterocycles. The molecule has 0 aliphatic heterocycles. The first-order valence-electron chi connectivity index (χ1n) is 5.62. The second kappa shape index (κ2) is 6.63. The van der Waals surface area contributed by atoms with Crippen molar-refractivity contribution >= 4 is 31.9 Å². The molecule has 0 amide bonds. The zero-order valence-corrected chi connectivity index (χ0v) is 13.2. The molecule has 106 valence electrons. The summed E-state index contributed by atoms with van der Waals surface area (Å²) in [7, 11) is 0. The number of ether oxygens (including phenoxy) is 1. The van der Waals surface area contributed by atoms with Gasteiger partial charge in [-0.05, 0) is 39.7 Å². The van der Waals surface area contributed by atoms with Gasteiger partial charge in [0.15, 0.2) is 0 Å². The fourth-order valence-electron chi connectivity index (χ4n) is 1.74. The molecule has 0 heterocycles. The van der Waals surface area contributed by atoms with Gasteiger partial charge in [0.1, 0.15) is 11.6 Å². The first-order chi connectivity index (χ1) is 9.49. The molecule has 1 atom stereocenters. The Labute approximate surface area is 131 Å². The molecule has 0 spiro atoms. The second-order valence-corrected chi connectivity index (χ2v) is 5.72. The van der Waals surface area contributed by atoms with Crippen molar-refractivity contribution in [2.75, 3.05) is 0 Å². The molecule has 0 radical (unpaired) electrons. The van der Waals surface area contributed by atoms with Gasteiger partial charge in [-0.15, -0.1) is 0 Å². The van der Waals surface area contributed by atoms with E-state index >= 15 is 0 Å². The molecule has 6 heteroatoms. The van der Waals surface area contributed by atoms with Gasteiger partial charge in [-0.25, -0.2) is 4.39 Å². The van der Waals surface area contributed by atoms with Crippen LogP contribution in [-0.4, -0.2) is 6.61 Å². The minimum absolute atomic E-state index is 0.0878. The van der Waals surface area contributed by atoms with Crippen LogP contribution in [0.1, 0.15) is 16.0 Å². The zero-order valence-electron chi connectivity index (χ0n) is 9.99. The maximum Gasteiger partial charge on any atom is 0.387 e. The molecule has 2 rings (SSSR count). The molecule has 0 saturated carbocycles. The fourth-order valence-corrected chi connectivity index (χ4v) is 2.80. The molecule has 0 aliphatic rings. The molecule has 0 bridgehead atoms.